The number of halogens is 1. The lowest BCUT2D eigenvalue weighted by molar-refractivity contribution is 0.371. The second-order valence-electron chi connectivity index (χ2n) is 4.14. The number of hydrogen-bond acceptors (Lipinski definition) is 3. The molecule has 0 amide bonds. The molecule has 4 heteroatoms. The Morgan fingerprint density at radius 3 is 3.25 bits per heavy atom. The Hall–Kier alpha value is -0.250. The molecule has 1 N–H and O–H groups in total. The number of piperidine rings is 1. The van der Waals surface area contributed by atoms with Gasteiger partial charge in [0.15, 0.2) is 0 Å². The maximum absolute atomic E-state index is 6.05. The van der Waals surface area contributed by atoms with E-state index in [0.29, 0.717) is 0 Å². The van der Waals surface area contributed by atoms with Crippen molar-refractivity contribution in [3.8, 4) is 0 Å². The molecule has 1 atom stereocenters. The lowest BCUT2D eigenvalue weighted by Gasteiger charge is -2.22. The van der Waals surface area contributed by atoms with Crippen LogP contribution < -0.4 is 5.32 Å². The van der Waals surface area contributed by atoms with E-state index in [1.165, 1.54) is 32.4 Å². The predicted octanol–water partition coefficient (Wildman–Crippen LogP) is 3.22. The van der Waals surface area contributed by atoms with Gasteiger partial charge in [0.05, 0.1) is 5.02 Å². The number of hydrogen-bond donors (Lipinski definition) is 1. The van der Waals surface area contributed by atoms with Crippen LogP contribution in [0.5, 0.6) is 0 Å². The van der Waals surface area contributed by atoms with Crippen molar-refractivity contribution in [3.05, 3.63) is 23.4 Å². The van der Waals surface area contributed by atoms with E-state index in [2.05, 4.69) is 10.3 Å². The molecule has 2 rings (SSSR count). The zero-order valence-electron chi connectivity index (χ0n) is 9.29. The fraction of sp³-hybridized carbons (Fsp3) is 0.583. The lowest BCUT2D eigenvalue weighted by atomic mass is 9.97. The van der Waals surface area contributed by atoms with Crippen LogP contribution in [-0.4, -0.2) is 23.8 Å². The van der Waals surface area contributed by atoms with Gasteiger partial charge in [-0.15, -0.1) is 11.8 Å². The number of aromatic nitrogens is 1. The summed E-state index contributed by atoms with van der Waals surface area (Å²) >= 11 is 7.82. The van der Waals surface area contributed by atoms with Gasteiger partial charge in [0.25, 0.3) is 0 Å². The van der Waals surface area contributed by atoms with Gasteiger partial charge < -0.3 is 5.32 Å². The van der Waals surface area contributed by atoms with Crippen molar-refractivity contribution >= 4 is 23.4 Å². The maximum atomic E-state index is 6.05. The molecule has 1 aliphatic rings. The van der Waals surface area contributed by atoms with Gasteiger partial charge in [-0.2, -0.15) is 0 Å². The number of nitrogens with one attached hydrogen (secondary N) is 1. The fourth-order valence-corrected chi connectivity index (χ4v) is 3.24. The molecule has 16 heavy (non-hydrogen) atoms. The first-order valence-electron chi connectivity index (χ1n) is 5.80. The smallest absolute Gasteiger partial charge is 0.115 e. The van der Waals surface area contributed by atoms with Gasteiger partial charge in [0.1, 0.15) is 5.03 Å². The number of pyridine rings is 1. The molecule has 0 aromatic carbocycles. The lowest BCUT2D eigenvalue weighted by Crippen LogP contribution is -2.29. The van der Waals surface area contributed by atoms with E-state index in [9.17, 15) is 0 Å². The topological polar surface area (TPSA) is 24.9 Å². The van der Waals surface area contributed by atoms with Crippen LogP contribution in [0.25, 0.3) is 0 Å². The molecule has 0 radical (unpaired) electrons. The third kappa shape index (κ3) is 3.65. The van der Waals surface area contributed by atoms with Crippen LogP contribution in [-0.2, 0) is 0 Å². The van der Waals surface area contributed by atoms with Gasteiger partial charge in [0, 0.05) is 6.20 Å². The highest BCUT2D eigenvalue weighted by Gasteiger charge is 2.12. The molecule has 2 heterocycles. The molecule has 1 aromatic rings. The molecule has 1 aliphatic heterocycles. The molecule has 0 spiro atoms. The second-order valence-corrected chi connectivity index (χ2v) is 5.63. The minimum Gasteiger partial charge on any atom is -0.316 e. The SMILES string of the molecule is Clc1cccnc1SCCC1CCCNC1. The normalized spacial score (nSPS) is 20.9. The number of thioether (sulfide) groups is 1. The third-order valence-electron chi connectivity index (χ3n) is 2.89. The molecule has 2 nitrogen and oxygen atoms in total. The molecule has 1 saturated heterocycles. The zero-order chi connectivity index (χ0) is 11.2. The summed E-state index contributed by atoms with van der Waals surface area (Å²) < 4.78 is 0. The van der Waals surface area contributed by atoms with E-state index in [1.54, 1.807) is 18.0 Å². The van der Waals surface area contributed by atoms with Crippen molar-refractivity contribution in [2.75, 3.05) is 18.8 Å². The van der Waals surface area contributed by atoms with Crippen molar-refractivity contribution in [2.45, 2.75) is 24.3 Å². The summed E-state index contributed by atoms with van der Waals surface area (Å²) in [5.41, 5.74) is 0. The molecular formula is C12H17ClN2S. The van der Waals surface area contributed by atoms with Gasteiger partial charge in [-0.3, -0.25) is 0 Å². The fourth-order valence-electron chi connectivity index (χ4n) is 1.97. The second kappa shape index (κ2) is 6.48. The summed E-state index contributed by atoms with van der Waals surface area (Å²) in [6.45, 7) is 2.37. The molecule has 88 valence electrons. The molecule has 1 unspecified atom stereocenters. The largest absolute Gasteiger partial charge is 0.316 e. The molecule has 1 aromatic heterocycles. The Morgan fingerprint density at radius 1 is 1.56 bits per heavy atom. The van der Waals surface area contributed by atoms with Crippen molar-refractivity contribution in [2.24, 2.45) is 5.92 Å². The van der Waals surface area contributed by atoms with Crippen LogP contribution in [0.15, 0.2) is 23.4 Å². The molecule has 0 aliphatic carbocycles. The van der Waals surface area contributed by atoms with Crippen LogP contribution in [0.4, 0.5) is 0 Å². The molecular weight excluding hydrogens is 240 g/mol. The van der Waals surface area contributed by atoms with Gasteiger partial charge >= 0.3 is 0 Å². The minimum atomic E-state index is 0.772. The van der Waals surface area contributed by atoms with Crippen molar-refractivity contribution < 1.29 is 0 Å². The summed E-state index contributed by atoms with van der Waals surface area (Å²) in [7, 11) is 0. The highest BCUT2D eigenvalue weighted by Crippen LogP contribution is 2.26. The van der Waals surface area contributed by atoms with Gasteiger partial charge in [-0.25, -0.2) is 4.98 Å². The van der Waals surface area contributed by atoms with E-state index >= 15 is 0 Å². The average Bonchev–Trinajstić information content (AvgIpc) is 2.33. The Bertz CT molecular complexity index is 327. The summed E-state index contributed by atoms with van der Waals surface area (Å²) in [4.78, 5) is 4.28. The first kappa shape index (κ1) is 12.2. The monoisotopic (exact) mass is 256 g/mol. The van der Waals surface area contributed by atoms with Crippen molar-refractivity contribution in [1.82, 2.24) is 10.3 Å². The maximum Gasteiger partial charge on any atom is 0.115 e. The van der Waals surface area contributed by atoms with Gasteiger partial charge in [-0.05, 0) is 56.2 Å². The highest BCUT2D eigenvalue weighted by molar-refractivity contribution is 7.99. The number of rotatable bonds is 4. The average molecular weight is 257 g/mol. The van der Waals surface area contributed by atoms with E-state index < -0.39 is 0 Å². The Kier molecular flexibility index (Phi) is 4.94. The van der Waals surface area contributed by atoms with Crippen molar-refractivity contribution in [1.29, 1.82) is 0 Å². The van der Waals surface area contributed by atoms with Crippen LogP contribution in [0.2, 0.25) is 5.02 Å². The predicted molar refractivity (Wildman–Crippen MR) is 70.2 cm³/mol. The van der Waals surface area contributed by atoms with Crippen LogP contribution >= 0.6 is 23.4 Å². The highest BCUT2D eigenvalue weighted by atomic mass is 35.5. The molecule has 0 saturated carbocycles. The first-order chi connectivity index (χ1) is 7.86. The first-order valence-corrected chi connectivity index (χ1v) is 7.16. The number of nitrogens with zero attached hydrogens (tertiary/aromatic N) is 1. The van der Waals surface area contributed by atoms with E-state index in [4.69, 9.17) is 11.6 Å². The van der Waals surface area contributed by atoms with Crippen LogP contribution in [0, 0.1) is 5.92 Å². The summed E-state index contributed by atoms with van der Waals surface area (Å²) in [5.74, 6) is 1.95. The quantitative estimate of drug-likeness (QED) is 0.838. The third-order valence-corrected chi connectivity index (χ3v) is 4.34. The Labute approximate surface area is 106 Å². The van der Waals surface area contributed by atoms with Gasteiger partial charge in [0.2, 0.25) is 0 Å². The summed E-state index contributed by atoms with van der Waals surface area (Å²) in [5, 5.41) is 5.18. The van der Waals surface area contributed by atoms with E-state index in [0.717, 1.165) is 21.7 Å². The Morgan fingerprint density at radius 2 is 2.50 bits per heavy atom. The minimum absolute atomic E-state index is 0.772. The van der Waals surface area contributed by atoms with E-state index in [1.807, 2.05) is 12.1 Å². The summed E-state index contributed by atoms with van der Waals surface area (Å²) in [6.07, 6.45) is 5.74. The van der Waals surface area contributed by atoms with Crippen LogP contribution in [0.1, 0.15) is 19.3 Å². The summed E-state index contributed by atoms with van der Waals surface area (Å²) in [6, 6.07) is 3.77. The van der Waals surface area contributed by atoms with Crippen LogP contribution in [0.3, 0.4) is 0 Å². The standard InChI is InChI=1S/C12H17ClN2S/c13-11-4-2-7-15-12(11)16-8-5-10-3-1-6-14-9-10/h2,4,7,10,14H,1,3,5-6,8-9H2. The molecule has 1 fully saturated rings. The van der Waals surface area contributed by atoms with Crippen molar-refractivity contribution in [3.63, 3.8) is 0 Å². The Balaban J connectivity index is 1.73. The zero-order valence-corrected chi connectivity index (χ0v) is 10.9. The molecule has 0 bridgehead atoms. The van der Waals surface area contributed by atoms with E-state index in [-0.39, 0.29) is 0 Å². The van der Waals surface area contributed by atoms with Gasteiger partial charge in [-0.1, -0.05) is 11.6 Å².